The molecule has 0 amide bonds. The van der Waals surface area contributed by atoms with Crippen LogP contribution >= 0.6 is 15.9 Å². The molecule has 0 aliphatic rings. The van der Waals surface area contributed by atoms with Crippen LogP contribution in [0.5, 0.6) is 0 Å². The van der Waals surface area contributed by atoms with Gasteiger partial charge >= 0.3 is 0 Å². The largest absolute Gasteiger partial charge is 0.347 e. The zero-order valence-electron chi connectivity index (χ0n) is 10.9. The molecule has 0 atom stereocenters. The van der Waals surface area contributed by atoms with Crippen molar-refractivity contribution in [1.29, 1.82) is 0 Å². The third-order valence-corrected chi connectivity index (χ3v) is 5.07. The molecule has 20 heavy (non-hydrogen) atoms. The van der Waals surface area contributed by atoms with Gasteiger partial charge in [0.2, 0.25) is 10.0 Å². The molecule has 2 aromatic rings. The van der Waals surface area contributed by atoms with Crippen molar-refractivity contribution in [2.24, 2.45) is 0 Å². The lowest BCUT2D eigenvalue weighted by molar-refractivity contribution is 0.580. The van der Waals surface area contributed by atoms with E-state index < -0.39 is 10.0 Å². The lowest BCUT2D eigenvalue weighted by Gasteiger charge is -2.10. The van der Waals surface area contributed by atoms with Crippen LogP contribution in [0.1, 0.15) is 11.3 Å². The maximum absolute atomic E-state index is 12.3. The summed E-state index contributed by atoms with van der Waals surface area (Å²) in [5, 5.41) is 2.99. The predicted molar refractivity (Wildman–Crippen MR) is 79.5 cm³/mol. The summed E-state index contributed by atoms with van der Waals surface area (Å²) in [6, 6.07) is 5.25. The lowest BCUT2D eigenvalue weighted by atomic mass is 10.2. The van der Waals surface area contributed by atoms with Crippen LogP contribution < -0.4 is 10.0 Å². The molecular formula is C12H15BrN4O2S. The first kappa shape index (κ1) is 15.2. The molecule has 0 aliphatic heterocycles. The van der Waals surface area contributed by atoms with E-state index in [0.29, 0.717) is 16.7 Å². The van der Waals surface area contributed by atoms with Crippen molar-refractivity contribution in [3.05, 3.63) is 46.5 Å². The van der Waals surface area contributed by atoms with Crippen molar-refractivity contribution in [2.45, 2.75) is 18.0 Å². The van der Waals surface area contributed by atoms with Crippen LogP contribution in [0.15, 0.2) is 40.1 Å². The second-order valence-corrected chi connectivity index (χ2v) is 6.79. The summed E-state index contributed by atoms with van der Waals surface area (Å²) in [6.07, 6.45) is 3.09. The molecule has 0 bridgehead atoms. The Hall–Kier alpha value is -1.22. The third-order valence-electron chi connectivity index (χ3n) is 2.67. The van der Waals surface area contributed by atoms with Crippen LogP contribution in [0.25, 0.3) is 0 Å². The molecule has 8 heteroatoms. The number of imidazole rings is 1. The molecule has 0 unspecified atom stereocenters. The molecule has 108 valence electrons. The summed E-state index contributed by atoms with van der Waals surface area (Å²) in [4.78, 5) is 6.92. The lowest BCUT2D eigenvalue weighted by Crippen LogP contribution is -2.24. The van der Waals surface area contributed by atoms with Gasteiger partial charge in [-0.15, -0.1) is 0 Å². The minimum Gasteiger partial charge on any atom is -0.347 e. The number of sulfonamides is 1. The molecular weight excluding hydrogens is 344 g/mol. The number of aromatic amines is 1. The summed E-state index contributed by atoms with van der Waals surface area (Å²) in [5.74, 6) is 0. The Labute approximate surface area is 126 Å². The number of nitrogens with zero attached hydrogens (tertiary/aromatic N) is 1. The first-order chi connectivity index (χ1) is 9.53. The minimum absolute atomic E-state index is 0.172. The van der Waals surface area contributed by atoms with Gasteiger partial charge in [-0.2, -0.15) is 0 Å². The Morgan fingerprint density at radius 1 is 1.35 bits per heavy atom. The second kappa shape index (κ2) is 6.49. The van der Waals surface area contributed by atoms with E-state index in [4.69, 9.17) is 0 Å². The summed E-state index contributed by atoms with van der Waals surface area (Å²) in [6.45, 7) is 0.779. The fourth-order valence-corrected chi connectivity index (χ4v) is 3.72. The van der Waals surface area contributed by atoms with Gasteiger partial charge in [-0.05, 0) is 40.7 Å². The van der Waals surface area contributed by atoms with Gasteiger partial charge < -0.3 is 10.3 Å². The average Bonchev–Trinajstić information content (AvgIpc) is 2.92. The SMILES string of the molecule is CNCc1ccc(Br)c(S(=O)(=O)NCc2cnc[nH]2)c1. The first-order valence-corrected chi connectivity index (χ1v) is 8.20. The summed E-state index contributed by atoms with van der Waals surface area (Å²) >= 11 is 3.28. The highest BCUT2D eigenvalue weighted by Crippen LogP contribution is 2.23. The van der Waals surface area contributed by atoms with E-state index in [-0.39, 0.29) is 11.4 Å². The van der Waals surface area contributed by atoms with E-state index >= 15 is 0 Å². The van der Waals surface area contributed by atoms with E-state index in [9.17, 15) is 8.42 Å². The van der Waals surface area contributed by atoms with Crippen molar-refractivity contribution in [1.82, 2.24) is 20.0 Å². The summed E-state index contributed by atoms with van der Waals surface area (Å²) < 4.78 is 27.7. The standard InChI is InChI=1S/C12H15BrN4O2S/c1-14-5-9-2-3-11(13)12(4-9)20(18,19)17-7-10-6-15-8-16-10/h2-4,6,8,14,17H,5,7H2,1H3,(H,15,16). The average molecular weight is 359 g/mol. The van der Waals surface area contributed by atoms with Gasteiger partial charge in [0, 0.05) is 22.9 Å². The molecule has 0 aliphatic carbocycles. The van der Waals surface area contributed by atoms with Gasteiger partial charge in [0.1, 0.15) is 0 Å². The quantitative estimate of drug-likeness (QED) is 0.727. The molecule has 0 saturated heterocycles. The monoisotopic (exact) mass is 358 g/mol. The molecule has 0 saturated carbocycles. The summed E-state index contributed by atoms with van der Waals surface area (Å²) in [7, 11) is -1.77. The molecule has 6 nitrogen and oxygen atoms in total. The van der Waals surface area contributed by atoms with Crippen molar-refractivity contribution in [3.8, 4) is 0 Å². The predicted octanol–water partition coefficient (Wildman–Crippen LogP) is 1.37. The fraction of sp³-hybridized carbons (Fsp3) is 0.250. The molecule has 2 rings (SSSR count). The van der Waals surface area contributed by atoms with Crippen LogP contribution in [-0.4, -0.2) is 25.4 Å². The van der Waals surface area contributed by atoms with Gasteiger partial charge in [-0.25, -0.2) is 18.1 Å². The van der Waals surface area contributed by atoms with Crippen LogP contribution in [0, 0.1) is 0 Å². The number of hydrogen-bond acceptors (Lipinski definition) is 4. The van der Waals surface area contributed by atoms with E-state index in [2.05, 4.69) is 35.9 Å². The number of benzene rings is 1. The zero-order chi connectivity index (χ0) is 14.6. The second-order valence-electron chi connectivity index (χ2n) is 4.20. The molecule has 1 aromatic heterocycles. The topological polar surface area (TPSA) is 86.9 Å². The smallest absolute Gasteiger partial charge is 0.242 e. The molecule has 0 radical (unpaired) electrons. The number of rotatable bonds is 6. The normalized spacial score (nSPS) is 11.7. The van der Waals surface area contributed by atoms with E-state index in [0.717, 1.165) is 5.56 Å². The molecule has 0 spiro atoms. The number of halogens is 1. The van der Waals surface area contributed by atoms with Gasteiger partial charge in [0.15, 0.2) is 0 Å². The number of H-pyrrole nitrogens is 1. The number of hydrogen-bond donors (Lipinski definition) is 3. The summed E-state index contributed by atoms with van der Waals surface area (Å²) in [5.41, 5.74) is 1.61. The Kier molecular flexibility index (Phi) is 4.92. The zero-order valence-corrected chi connectivity index (χ0v) is 13.3. The molecule has 0 fully saturated rings. The Morgan fingerprint density at radius 2 is 2.15 bits per heavy atom. The highest BCUT2D eigenvalue weighted by atomic mass is 79.9. The highest BCUT2D eigenvalue weighted by Gasteiger charge is 2.18. The number of nitrogens with one attached hydrogen (secondary N) is 3. The third kappa shape index (κ3) is 3.66. The molecule has 3 N–H and O–H groups in total. The first-order valence-electron chi connectivity index (χ1n) is 5.93. The van der Waals surface area contributed by atoms with Crippen molar-refractivity contribution < 1.29 is 8.42 Å². The fourth-order valence-electron chi connectivity index (χ4n) is 1.70. The van der Waals surface area contributed by atoms with E-state index in [1.165, 1.54) is 6.33 Å². The van der Waals surface area contributed by atoms with Crippen LogP contribution in [0.2, 0.25) is 0 Å². The van der Waals surface area contributed by atoms with Gasteiger partial charge in [-0.1, -0.05) is 6.07 Å². The van der Waals surface area contributed by atoms with Crippen LogP contribution in [0.4, 0.5) is 0 Å². The van der Waals surface area contributed by atoms with Crippen molar-refractivity contribution >= 4 is 26.0 Å². The maximum Gasteiger partial charge on any atom is 0.242 e. The van der Waals surface area contributed by atoms with Crippen LogP contribution in [0.3, 0.4) is 0 Å². The highest BCUT2D eigenvalue weighted by molar-refractivity contribution is 9.10. The Balaban J connectivity index is 2.21. The van der Waals surface area contributed by atoms with E-state index in [1.54, 1.807) is 18.3 Å². The van der Waals surface area contributed by atoms with Gasteiger partial charge in [0.25, 0.3) is 0 Å². The van der Waals surface area contributed by atoms with Crippen molar-refractivity contribution in [3.63, 3.8) is 0 Å². The Bertz CT molecular complexity index is 671. The van der Waals surface area contributed by atoms with E-state index in [1.807, 2.05) is 13.1 Å². The molecule has 1 aromatic carbocycles. The Morgan fingerprint density at radius 3 is 2.80 bits per heavy atom. The maximum atomic E-state index is 12.3. The van der Waals surface area contributed by atoms with Crippen LogP contribution in [-0.2, 0) is 23.1 Å². The minimum atomic E-state index is -3.58. The van der Waals surface area contributed by atoms with Gasteiger partial charge in [-0.3, -0.25) is 0 Å². The van der Waals surface area contributed by atoms with Crippen molar-refractivity contribution in [2.75, 3.05) is 7.05 Å². The molecule has 1 heterocycles. The number of aromatic nitrogens is 2. The van der Waals surface area contributed by atoms with Gasteiger partial charge in [0.05, 0.1) is 17.8 Å².